The number of hydrogen-bond acceptors (Lipinski definition) is 4. The number of fused-ring (bicyclic) bond motifs is 1. The molecule has 0 saturated heterocycles. The van der Waals surface area contributed by atoms with Gasteiger partial charge in [0.2, 0.25) is 0 Å². The van der Waals surface area contributed by atoms with Crippen LogP contribution in [-0.4, -0.2) is 13.4 Å². The van der Waals surface area contributed by atoms with Gasteiger partial charge >= 0.3 is 0 Å². The van der Waals surface area contributed by atoms with Crippen LogP contribution in [0.4, 0.5) is 0 Å². The van der Waals surface area contributed by atoms with Gasteiger partial charge in [0.15, 0.2) is 0 Å². The first-order valence-electron chi connectivity index (χ1n) is 6.13. The quantitative estimate of drug-likeness (QED) is 0.750. The highest BCUT2D eigenvalue weighted by Gasteiger charge is 2.22. The number of sulfonamides is 1. The number of nitrogens with zero attached hydrogens (tertiary/aromatic N) is 1. The van der Waals surface area contributed by atoms with Gasteiger partial charge in [-0.15, -0.1) is 11.3 Å². The first-order valence-corrected chi connectivity index (χ1v) is 9.23. The molecule has 0 bridgehead atoms. The fourth-order valence-corrected chi connectivity index (χ4v) is 5.81. The van der Waals surface area contributed by atoms with Crippen LogP contribution in [0.5, 0.6) is 0 Å². The van der Waals surface area contributed by atoms with E-state index in [1.54, 1.807) is 24.5 Å². The van der Waals surface area contributed by atoms with Crippen LogP contribution in [0.25, 0.3) is 10.1 Å². The van der Waals surface area contributed by atoms with Crippen LogP contribution >= 0.6 is 27.3 Å². The molecule has 2 heterocycles. The number of nitrogens with one attached hydrogen (secondary N) is 1. The van der Waals surface area contributed by atoms with Crippen LogP contribution in [0.3, 0.4) is 0 Å². The lowest BCUT2D eigenvalue weighted by Crippen LogP contribution is -2.22. The van der Waals surface area contributed by atoms with Gasteiger partial charge in [-0.1, -0.05) is 18.2 Å². The van der Waals surface area contributed by atoms with E-state index in [4.69, 9.17) is 0 Å². The van der Waals surface area contributed by atoms with Crippen LogP contribution in [-0.2, 0) is 16.6 Å². The smallest absolute Gasteiger partial charge is 0.251 e. The normalized spacial score (nSPS) is 11.9. The monoisotopic (exact) mass is 382 g/mol. The Morgan fingerprint density at radius 1 is 1.14 bits per heavy atom. The van der Waals surface area contributed by atoms with Gasteiger partial charge in [0.05, 0.1) is 4.47 Å². The predicted octanol–water partition coefficient (Wildman–Crippen LogP) is 3.54. The maximum Gasteiger partial charge on any atom is 0.251 e. The Bertz CT molecular complexity index is 876. The van der Waals surface area contributed by atoms with Crippen molar-refractivity contribution in [2.45, 2.75) is 10.8 Å². The van der Waals surface area contributed by atoms with Crippen LogP contribution in [0.1, 0.15) is 5.56 Å². The molecule has 4 nitrogen and oxygen atoms in total. The molecule has 1 N–H and O–H groups in total. The van der Waals surface area contributed by atoms with Crippen molar-refractivity contribution in [3.8, 4) is 0 Å². The van der Waals surface area contributed by atoms with E-state index in [9.17, 15) is 8.42 Å². The topological polar surface area (TPSA) is 59.1 Å². The number of hydrogen-bond donors (Lipinski definition) is 1. The average molecular weight is 383 g/mol. The highest BCUT2D eigenvalue weighted by Crippen LogP contribution is 2.38. The summed E-state index contributed by atoms with van der Waals surface area (Å²) in [6, 6.07) is 11.2. The minimum absolute atomic E-state index is 0.242. The van der Waals surface area contributed by atoms with E-state index in [0.717, 1.165) is 15.6 Å². The summed E-state index contributed by atoms with van der Waals surface area (Å²) < 4.78 is 29.4. The maximum absolute atomic E-state index is 12.4. The van der Waals surface area contributed by atoms with E-state index < -0.39 is 10.0 Å². The van der Waals surface area contributed by atoms with Crippen molar-refractivity contribution in [2.24, 2.45) is 0 Å². The van der Waals surface area contributed by atoms with Crippen molar-refractivity contribution in [1.82, 2.24) is 9.71 Å². The molecule has 0 fully saturated rings. The van der Waals surface area contributed by atoms with Gasteiger partial charge in [0.1, 0.15) is 4.21 Å². The molecule has 21 heavy (non-hydrogen) atoms. The summed E-state index contributed by atoms with van der Waals surface area (Å²) in [7, 11) is -3.55. The number of pyridine rings is 1. The Labute approximate surface area is 135 Å². The fraction of sp³-hybridized carbons (Fsp3) is 0.0714. The van der Waals surface area contributed by atoms with Crippen molar-refractivity contribution >= 4 is 47.4 Å². The molecule has 1 aromatic carbocycles. The standard InChI is InChI=1S/C14H11BrN2O2S2/c15-13-11-3-1-2-4-12(11)20-14(13)21(18,19)17-9-10-5-7-16-8-6-10/h1-8,17H,9H2. The second-order valence-electron chi connectivity index (χ2n) is 4.38. The van der Waals surface area contributed by atoms with Crippen LogP contribution < -0.4 is 4.72 Å². The van der Waals surface area contributed by atoms with Gasteiger partial charge in [-0.3, -0.25) is 4.98 Å². The Hall–Kier alpha value is -1.28. The Morgan fingerprint density at radius 3 is 2.57 bits per heavy atom. The SMILES string of the molecule is O=S(=O)(NCc1ccncc1)c1sc2ccccc2c1Br. The molecule has 0 aliphatic rings. The van der Waals surface area contributed by atoms with Crippen molar-refractivity contribution < 1.29 is 8.42 Å². The van der Waals surface area contributed by atoms with Crippen LogP contribution in [0.2, 0.25) is 0 Å². The molecule has 0 aliphatic heterocycles. The molecule has 0 saturated carbocycles. The average Bonchev–Trinajstić information content (AvgIpc) is 2.85. The summed E-state index contributed by atoms with van der Waals surface area (Å²) >= 11 is 4.65. The lowest BCUT2D eigenvalue weighted by Gasteiger charge is -2.05. The van der Waals surface area contributed by atoms with E-state index in [0.29, 0.717) is 8.68 Å². The largest absolute Gasteiger partial charge is 0.265 e. The molecule has 2 aromatic heterocycles. The van der Waals surface area contributed by atoms with Gasteiger partial charge in [0.25, 0.3) is 10.0 Å². The summed E-state index contributed by atoms with van der Waals surface area (Å²) in [5.74, 6) is 0. The highest BCUT2D eigenvalue weighted by molar-refractivity contribution is 9.10. The van der Waals surface area contributed by atoms with Gasteiger partial charge < -0.3 is 0 Å². The molecule has 0 spiro atoms. The number of aromatic nitrogens is 1. The van der Waals surface area contributed by atoms with Crippen molar-refractivity contribution in [2.75, 3.05) is 0 Å². The number of thiophene rings is 1. The molecule has 0 aliphatic carbocycles. The summed E-state index contributed by atoms with van der Waals surface area (Å²) in [5.41, 5.74) is 0.866. The second-order valence-corrected chi connectivity index (χ2v) is 8.19. The van der Waals surface area contributed by atoms with Gasteiger partial charge in [-0.05, 0) is 39.7 Å². The first-order chi connectivity index (χ1) is 10.1. The van der Waals surface area contributed by atoms with Crippen molar-refractivity contribution in [3.63, 3.8) is 0 Å². The van der Waals surface area contributed by atoms with E-state index in [1.807, 2.05) is 24.3 Å². The van der Waals surface area contributed by atoms with Crippen LogP contribution in [0.15, 0.2) is 57.5 Å². The van der Waals surface area contributed by atoms with Gasteiger partial charge in [-0.2, -0.15) is 0 Å². The Morgan fingerprint density at radius 2 is 1.86 bits per heavy atom. The van der Waals surface area contributed by atoms with Crippen molar-refractivity contribution in [3.05, 3.63) is 58.8 Å². The fourth-order valence-electron chi connectivity index (χ4n) is 1.91. The summed E-state index contributed by atoms with van der Waals surface area (Å²) in [5, 5.41) is 0.909. The third-order valence-electron chi connectivity index (χ3n) is 2.97. The van der Waals surface area contributed by atoms with Crippen LogP contribution in [0, 0.1) is 0 Å². The zero-order valence-corrected chi connectivity index (χ0v) is 14.0. The van der Waals surface area contributed by atoms with Gasteiger partial charge in [-0.25, -0.2) is 13.1 Å². The minimum atomic E-state index is -3.55. The molecular formula is C14H11BrN2O2S2. The molecule has 0 radical (unpaired) electrons. The number of benzene rings is 1. The second kappa shape index (κ2) is 5.84. The molecule has 0 unspecified atom stereocenters. The third-order valence-corrected chi connectivity index (χ3v) is 7.40. The molecule has 108 valence electrons. The Balaban J connectivity index is 1.91. The molecule has 7 heteroatoms. The predicted molar refractivity (Wildman–Crippen MR) is 87.8 cm³/mol. The summed E-state index contributed by atoms with van der Waals surface area (Å²) in [6.45, 7) is 0.242. The summed E-state index contributed by atoms with van der Waals surface area (Å²) in [4.78, 5) is 3.91. The molecule has 3 aromatic rings. The highest BCUT2D eigenvalue weighted by atomic mass is 79.9. The number of rotatable bonds is 4. The van der Waals surface area contributed by atoms with E-state index in [-0.39, 0.29) is 6.54 Å². The lowest BCUT2D eigenvalue weighted by atomic mass is 10.3. The van der Waals surface area contributed by atoms with E-state index >= 15 is 0 Å². The van der Waals surface area contributed by atoms with E-state index in [2.05, 4.69) is 25.6 Å². The van der Waals surface area contributed by atoms with E-state index in [1.165, 1.54) is 11.3 Å². The molecular weight excluding hydrogens is 372 g/mol. The molecule has 3 rings (SSSR count). The Kier molecular flexibility index (Phi) is 4.08. The minimum Gasteiger partial charge on any atom is -0.265 e. The zero-order chi connectivity index (χ0) is 14.9. The van der Waals surface area contributed by atoms with Crippen molar-refractivity contribution in [1.29, 1.82) is 0 Å². The summed E-state index contributed by atoms with van der Waals surface area (Å²) in [6.07, 6.45) is 3.28. The molecule has 0 amide bonds. The third kappa shape index (κ3) is 3.01. The number of halogens is 1. The lowest BCUT2D eigenvalue weighted by molar-refractivity contribution is 0.583. The van der Waals surface area contributed by atoms with Gasteiger partial charge in [0, 0.05) is 29.0 Å². The molecule has 0 atom stereocenters. The first kappa shape index (κ1) is 14.6. The zero-order valence-electron chi connectivity index (χ0n) is 10.8. The maximum atomic E-state index is 12.4.